The molecule has 0 bridgehead atoms. The fourth-order valence-corrected chi connectivity index (χ4v) is 1.34. The molecule has 0 radical (unpaired) electrons. The first kappa shape index (κ1) is 15.6. The minimum Gasteiger partial charge on any atom is -0.361 e. The Labute approximate surface area is 116 Å². The molecule has 1 rings (SSSR count). The van der Waals surface area contributed by atoms with Crippen LogP contribution in [-0.2, 0) is 4.79 Å². The fraction of sp³-hybridized carbons (Fsp3) is 0.455. The lowest BCUT2D eigenvalue weighted by atomic mass is 10.2. The number of carbonyl (C=O) groups is 1. The third-order valence-electron chi connectivity index (χ3n) is 2.31. The van der Waals surface area contributed by atoms with Gasteiger partial charge in [-0.05, 0) is 5.92 Å². The molecule has 0 aromatic carbocycles. The van der Waals surface area contributed by atoms with Crippen LogP contribution < -0.4 is 21.9 Å². The van der Waals surface area contributed by atoms with E-state index in [0.717, 1.165) is 0 Å². The first-order chi connectivity index (χ1) is 9.42. The zero-order valence-corrected chi connectivity index (χ0v) is 11.3. The van der Waals surface area contributed by atoms with Gasteiger partial charge in [0, 0.05) is 6.54 Å². The molecule has 0 spiro atoms. The molecule has 110 valence electrons. The van der Waals surface area contributed by atoms with Crippen molar-refractivity contribution >= 4 is 23.2 Å². The average molecular weight is 282 g/mol. The van der Waals surface area contributed by atoms with Crippen molar-refractivity contribution in [3.8, 4) is 0 Å². The summed E-state index contributed by atoms with van der Waals surface area (Å²) in [4.78, 5) is 25.7. The zero-order valence-electron chi connectivity index (χ0n) is 11.3. The second-order valence-corrected chi connectivity index (χ2v) is 4.55. The first-order valence-corrected chi connectivity index (χ1v) is 6.06. The van der Waals surface area contributed by atoms with Crippen molar-refractivity contribution in [2.24, 2.45) is 11.8 Å². The molecule has 0 aliphatic heterocycles. The molecule has 1 aromatic heterocycles. The Bertz CT molecular complexity index is 491. The maximum Gasteiger partial charge on any atom is 0.276 e. The summed E-state index contributed by atoms with van der Waals surface area (Å²) in [7, 11) is 0. The van der Waals surface area contributed by atoms with Gasteiger partial charge in [-0.25, -0.2) is 10.8 Å². The van der Waals surface area contributed by atoms with Crippen molar-refractivity contribution in [2.45, 2.75) is 13.8 Å². The van der Waals surface area contributed by atoms with Crippen molar-refractivity contribution in [1.82, 2.24) is 10.3 Å². The van der Waals surface area contributed by atoms with E-state index >= 15 is 0 Å². The SMILES string of the molecule is CC(C)CNC(=O)CNc1cc([N+](=O)[O-])cc(NN)n1. The third-order valence-corrected chi connectivity index (χ3v) is 2.31. The molecule has 9 heteroatoms. The third kappa shape index (κ3) is 5.06. The number of nitrogens with zero attached hydrogens (tertiary/aromatic N) is 2. The van der Waals surface area contributed by atoms with Gasteiger partial charge in [0.05, 0.1) is 23.6 Å². The molecular weight excluding hydrogens is 264 g/mol. The Morgan fingerprint density at radius 3 is 2.65 bits per heavy atom. The lowest BCUT2D eigenvalue weighted by Crippen LogP contribution is -2.32. The number of nitrogens with one attached hydrogen (secondary N) is 3. The highest BCUT2D eigenvalue weighted by atomic mass is 16.6. The van der Waals surface area contributed by atoms with Crippen molar-refractivity contribution < 1.29 is 9.72 Å². The summed E-state index contributed by atoms with van der Waals surface area (Å²) in [6.07, 6.45) is 0. The lowest BCUT2D eigenvalue weighted by Gasteiger charge is -2.09. The molecule has 0 aliphatic rings. The normalized spacial score (nSPS) is 10.2. The second-order valence-electron chi connectivity index (χ2n) is 4.55. The highest BCUT2D eigenvalue weighted by Crippen LogP contribution is 2.19. The number of hydrogen-bond acceptors (Lipinski definition) is 7. The van der Waals surface area contributed by atoms with Crippen LogP contribution in [-0.4, -0.2) is 28.9 Å². The molecule has 0 saturated heterocycles. The summed E-state index contributed by atoms with van der Waals surface area (Å²) in [6, 6.07) is 2.43. The van der Waals surface area contributed by atoms with Gasteiger partial charge in [-0.1, -0.05) is 13.8 Å². The summed E-state index contributed by atoms with van der Waals surface area (Å²) >= 11 is 0. The minimum absolute atomic E-state index is 0.0229. The van der Waals surface area contributed by atoms with Crippen LogP contribution in [0.15, 0.2) is 12.1 Å². The van der Waals surface area contributed by atoms with E-state index in [2.05, 4.69) is 21.0 Å². The number of amides is 1. The van der Waals surface area contributed by atoms with Gasteiger partial charge in [0.1, 0.15) is 11.6 Å². The standard InChI is InChI=1S/C11H18N6O3/c1-7(2)5-14-11(18)6-13-9-3-8(17(19)20)4-10(15-9)16-12/h3-4,7H,5-6,12H2,1-2H3,(H,14,18)(H2,13,15,16). The fourth-order valence-electron chi connectivity index (χ4n) is 1.34. The van der Waals surface area contributed by atoms with Crippen LogP contribution in [0.5, 0.6) is 0 Å². The first-order valence-electron chi connectivity index (χ1n) is 6.06. The maximum atomic E-state index is 11.5. The molecule has 5 N–H and O–H groups in total. The predicted octanol–water partition coefficient (Wildman–Crippen LogP) is 0.459. The van der Waals surface area contributed by atoms with E-state index in [9.17, 15) is 14.9 Å². The van der Waals surface area contributed by atoms with E-state index in [1.54, 1.807) is 0 Å². The molecule has 1 aromatic rings. The number of hydrazine groups is 1. The van der Waals surface area contributed by atoms with Crippen LogP contribution in [0.1, 0.15) is 13.8 Å². The Hall–Kier alpha value is -2.42. The number of pyridine rings is 1. The molecule has 9 nitrogen and oxygen atoms in total. The monoisotopic (exact) mass is 282 g/mol. The number of anilines is 2. The number of aromatic nitrogens is 1. The van der Waals surface area contributed by atoms with Crippen LogP contribution in [0.3, 0.4) is 0 Å². The summed E-state index contributed by atoms with van der Waals surface area (Å²) in [6.45, 7) is 4.51. The molecule has 1 heterocycles. The number of nitrogens with two attached hydrogens (primary N) is 1. The van der Waals surface area contributed by atoms with Crippen LogP contribution in [0.4, 0.5) is 17.3 Å². The van der Waals surface area contributed by atoms with Crippen LogP contribution in [0.25, 0.3) is 0 Å². The Morgan fingerprint density at radius 1 is 1.45 bits per heavy atom. The number of hydrogen-bond donors (Lipinski definition) is 4. The molecule has 0 atom stereocenters. The van der Waals surface area contributed by atoms with E-state index in [4.69, 9.17) is 5.84 Å². The molecule has 0 aliphatic carbocycles. The molecule has 0 unspecified atom stereocenters. The van der Waals surface area contributed by atoms with Gasteiger partial charge in [0.2, 0.25) is 5.91 Å². The molecule has 0 fully saturated rings. The molecule has 1 amide bonds. The zero-order chi connectivity index (χ0) is 15.1. The Kier molecular flexibility index (Phi) is 5.66. The predicted molar refractivity (Wildman–Crippen MR) is 75.0 cm³/mol. The van der Waals surface area contributed by atoms with Crippen LogP contribution >= 0.6 is 0 Å². The summed E-state index contributed by atoms with van der Waals surface area (Å²) in [5.41, 5.74) is 2.07. The smallest absolute Gasteiger partial charge is 0.276 e. The van der Waals surface area contributed by atoms with E-state index in [-0.39, 0.29) is 29.8 Å². The van der Waals surface area contributed by atoms with Crippen LogP contribution in [0, 0.1) is 16.0 Å². The van der Waals surface area contributed by atoms with E-state index in [0.29, 0.717) is 12.5 Å². The number of carbonyl (C=O) groups excluding carboxylic acids is 1. The second kappa shape index (κ2) is 7.24. The molecule has 20 heavy (non-hydrogen) atoms. The molecular formula is C11H18N6O3. The average Bonchev–Trinajstić information content (AvgIpc) is 2.42. The van der Waals surface area contributed by atoms with Gasteiger partial charge >= 0.3 is 0 Å². The highest BCUT2D eigenvalue weighted by Gasteiger charge is 2.11. The van der Waals surface area contributed by atoms with E-state index in [1.165, 1.54) is 12.1 Å². The van der Waals surface area contributed by atoms with Gasteiger partial charge in [-0.3, -0.25) is 14.9 Å². The Morgan fingerprint density at radius 2 is 2.10 bits per heavy atom. The van der Waals surface area contributed by atoms with E-state index < -0.39 is 4.92 Å². The van der Waals surface area contributed by atoms with Crippen molar-refractivity contribution in [3.63, 3.8) is 0 Å². The van der Waals surface area contributed by atoms with Crippen LogP contribution in [0.2, 0.25) is 0 Å². The van der Waals surface area contributed by atoms with Gasteiger partial charge in [-0.15, -0.1) is 0 Å². The quantitative estimate of drug-likeness (QED) is 0.324. The summed E-state index contributed by atoms with van der Waals surface area (Å²) in [5.74, 6) is 5.66. The van der Waals surface area contributed by atoms with Gasteiger partial charge in [-0.2, -0.15) is 0 Å². The van der Waals surface area contributed by atoms with Gasteiger partial charge < -0.3 is 16.1 Å². The summed E-state index contributed by atoms with van der Waals surface area (Å²) < 4.78 is 0. The van der Waals surface area contributed by atoms with Gasteiger partial charge in [0.25, 0.3) is 5.69 Å². The molecule has 0 saturated carbocycles. The van der Waals surface area contributed by atoms with Crippen molar-refractivity contribution in [1.29, 1.82) is 0 Å². The van der Waals surface area contributed by atoms with E-state index in [1.807, 2.05) is 13.8 Å². The Balaban J connectivity index is 2.65. The van der Waals surface area contributed by atoms with Crippen molar-refractivity contribution in [2.75, 3.05) is 23.8 Å². The number of nitro groups is 1. The van der Waals surface area contributed by atoms with Crippen molar-refractivity contribution in [3.05, 3.63) is 22.2 Å². The number of rotatable bonds is 7. The topological polar surface area (TPSA) is 135 Å². The lowest BCUT2D eigenvalue weighted by molar-refractivity contribution is -0.384. The maximum absolute atomic E-state index is 11.5. The summed E-state index contributed by atoms with van der Waals surface area (Å²) in [5, 5.41) is 16.2. The highest BCUT2D eigenvalue weighted by molar-refractivity contribution is 5.80. The van der Waals surface area contributed by atoms with Gasteiger partial charge in [0.15, 0.2) is 0 Å². The largest absolute Gasteiger partial charge is 0.361 e. The number of nitrogen functional groups attached to an aromatic ring is 1. The minimum atomic E-state index is -0.563.